The number of halogens is 3. The standard InChI is InChI=1S/C13H10F3N7O2S/c14-13(15,16)8-3-2-7(9-4-1-6(17)5-19-9)10(11(8)26(18,24)25)12-20-22-23-21-12/h1-5H,17H2,(H2,18,24,25)(H,20,21,22,23). The van der Waals surface area contributed by atoms with Crippen LogP contribution in [0.2, 0.25) is 0 Å². The van der Waals surface area contributed by atoms with Crippen molar-refractivity contribution in [3.8, 4) is 22.6 Å². The Labute approximate surface area is 144 Å². The summed E-state index contributed by atoms with van der Waals surface area (Å²) >= 11 is 0. The van der Waals surface area contributed by atoms with Crippen LogP contribution in [0.15, 0.2) is 35.4 Å². The van der Waals surface area contributed by atoms with Crippen molar-refractivity contribution < 1.29 is 21.6 Å². The largest absolute Gasteiger partial charge is 0.417 e. The molecule has 0 spiro atoms. The molecule has 0 unspecified atom stereocenters. The van der Waals surface area contributed by atoms with Crippen molar-refractivity contribution in [2.45, 2.75) is 11.1 Å². The number of primary sulfonamides is 1. The van der Waals surface area contributed by atoms with Gasteiger partial charge in [0.05, 0.1) is 28.7 Å². The van der Waals surface area contributed by atoms with Crippen molar-refractivity contribution in [3.63, 3.8) is 0 Å². The number of sulfonamides is 1. The molecule has 136 valence electrons. The minimum absolute atomic E-state index is 0.0171. The zero-order valence-corrected chi connectivity index (χ0v) is 13.5. The van der Waals surface area contributed by atoms with Gasteiger partial charge in [-0.05, 0) is 23.4 Å². The van der Waals surface area contributed by atoms with Crippen molar-refractivity contribution in [1.29, 1.82) is 0 Å². The third-order valence-corrected chi connectivity index (χ3v) is 4.37. The predicted molar refractivity (Wildman–Crippen MR) is 83.6 cm³/mol. The molecule has 9 nitrogen and oxygen atoms in total. The molecule has 13 heteroatoms. The fraction of sp³-hybridized carbons (Fsp3) is 0.0769. The van der Waals surface area contributed by atoms with E-state index in [1.165, 1.54) is 18.3 Å². The number of hydrogen-bond donors (Lipinski definition) is 3. The first kappa shape index (κ1) is 17.8. The average Bonchev–Trinajstić information content (AvgIpc) is 3.06. The SMILES string of the molecule is Nc1ccc(-c2ccc(C(F)(F)F)c(S(N)(=O)=O)c2-c2nn[nH]n2)nc1. The van der Waals surface area contributed by atoms with Gasteiger partial charge in [-0.25, -0.2) is 13.6 Å². The van der Waals surface area contributed by atoms with Crippen LogP contribution >= 0.6 is 0 Å². The Morgan fingerprint density at radius 3 is 2.35 bits per heavy atom. The number of aromatic amines is 1. The monoisotopic (exact) mass is 385 g/mol. The number of anilines is 1. The minimum atomic E-state index is -4.98. The third kappa shape index (κ3) is 3.21. The van der Waals surface area contributed by atoms with E-state index in [9.17, 15) is 21.6 Å². The van der Waals surface area contributed by atoms with Crippen LogP contribution in [-0.2, 0) is 16.2 Å². The second-order valence-electron chi connectivity index (χ2n) is 5.12. The minimum Gasteiger partial charge on any atom is -0.397 e. The highest BCUT2D eigenvalue weighted by molar-refractivity contribution is 7.89. The quantitative estimate of drug-likeness (QED) is 0.611. The van der Waals surface area contributed by atoms with E-state index < -0.39 is 32.2 Å². The summed E-state index contributed by atoms with van der Waals surface area (Å²) < 4.78 is 64.1. The Morgan fingerprint density at radius 1 is 1.12 bits per heavy atom. The van der Waals surface area contributed by atoms with E-state index >= 15 is 0 Å². The Morgan fingerprint density at radius 2 is 1.85 bits per heavy atom. The van der Waals surface area contributed by atoms with Gasteiger partial charge in [0.2, 0.25) is 15.8 Å². The summed E-state index contributed by atoms with van der Waals surface area (Å²) in [4.78, 5) is 2.84. The molecule has 2 aromatic heterocycles. The van der Waals surface area contributed by atoms with E-state index in [0.717, 1.165) is 6.07 Å². The molecule has 0 amide bonds. The fourth-order valence-corrected chi connectivity index (χ4v) is 3.35. The molecule has 5 N–H and O–H groups in total. The van der Waals surface area contributed by atoms with Gasteiger partial charge in [-0.1, -0.05) is 6.07 Å². The molecule has 0 fully saturated rings. The van der Waals surface area contributed by atoms with E-state index in [0.29, 0.717) is 11.8 Å². The molecule has 0 aliphatic carbocycles. The molecule has 0 radical (unpaired) electrons. The first-order chi connectivity index (χ1) is 12.1. The number of rotatable bonds is 3. The van der Waals surface area contributed by atoms with E-state index in [1.54, 1.807) is 0 Å². The highest BCUT2D eigenvalue weighted by atomic mass is 32.2. The van der Waals surface area contributed by atoms with Crippen molar-refractivity contribution in [2.75, 3.05) is 5.73 Å². The molecule has 0 aliphatic rings. The zero-order chi connectivity index (χ0) is 19.1. The number of aromatic nitrogens is 5. The second kappa shape index (κ2) is 6.03. The molecule has 0 saturated heterocycles. The maximum absolute atomic E-state index is 13.4. The average molecular weight is 385 g/mol. The molecule has 0 aliphatic heterocycles. The smallest absolute Gasteiger partial charge is 0.397 e. The van der Waals surface area contributed by atoms with Crippen molar-refractivity contribution in [1.82, 2.24) is 25.6 Å². The number of nitrogens with zero attached hydrogens (tertiary/aromatic N) is 4. The number of nitrogen functional groups attached to an aromatic ring is 1. The molecule has 3 aromatic rings. The number of pyridine rings is 1. The van der Waals surface area contributed by atoms with E-state index in [4.69, 9.17) is 10.9 Å². The van der Waals surface area contributed by atoms with Gasteiger partial charge in [-0.3, -0.25) is 4.98 Å². The van der Waals surface area contributed by atoms with Crippen LogP contribution in [-0.4, -0.2) is 34.0 Å². The number of tetrazole rings is 1. The van der Waals surface area contributed by atoms with Gasteiger partial charge < -0.3 is 5.73 Å². The fourth-order valence-electron chi connectivity index (χ4n) is 2.37. The summed E-state index contributed by atoms with van der Waals surface area (Å²) in [5.41, 5.74) is 4.12. The van der Waals surface area contributed by atoms with Gasteiger partial charge >= 0.3 is 6.18 Å². The van der Waals surface area contributed by atoms with Gasteiger partial charge in [-0.2, -0.15) is 18.4 Å². The van der Waals surface area contributed by atoms with Crippen molar-refractivity contribution >= 4 is 15.7 Å². The van der Waals surface area contributed by atoms with Crippen LogP contribution in [0.25, 0.3) is 22.6 Å². The van der Waals surface area contributed by atoms with Gasteiger partial charge in [0.25, 0.3) is 0 Å². The topological polar surface area (TPSA) is 154 Å². The lowest BCUT2D eigenvalue weighted by atomic mass is 9.99. The first-order valence-electron chi connectivity index (χ1n) is 6.82. The molecular formula is C13H10F3N7O2S. The zero-order valence-electron chi connectivity index (χ0n) is 12.7. The number of nitrogens with two attached hydrogens (primary N) is 2. The second-order valence-corrected chi connectivity index (χ2v) is 6.62. The Balaban J connectivity index is 2.46. The summed E-state index contributed by atoms with van der Waals surface area (Å²) in [7, 11) is -4.81. The molecular weight excluding hydrogens is 375 g/mol. The van der Waals surface area contributed by atoms with Crippen LogP contribution in [0.3, 0.4) is 0 Å². The maximum atomic E-state index is 13.4. The highest BCUT2D eigenvalue weighted by Crippen LogP contribution is 2.42. The van der Waals surface area contributed by atoms with E-state index in [2.05, 4.69) is 25.6 Å². The molecule has 26 heavy (non-hydrogen) atoms. The number of hydrogen-bond acceptors (Lipinski definition) is 7. The van der Waals surface area contributed by atoms with Crippen LogP contribution in [0.5, 0.6) is 0 Å². The van der Waals surface area contributed by atoms with Crippen LogP contribution in [0, 0.1) is 0 Å². The Bertz CT molecular complexity index is 1050. The van der Waals surface area contributed by atoms with Crippen LogP contribution in [0.1, 0.15) is 5.56 Å². The van der Waals surface area contributed by atoms with Gasteiger partial charge in [-0.15, -0.1) is 10.2 Å². The van der Waals surface area contributed by atoms with E-state index in [-0.39, 0.29) is 17.1 Å². The van der Waals surface area contributed by atoms with Crippen LogP contribution in [0.4, 0.5) is 18.9 Å². The summed E-state index contributed by atoms with van der Waals surface area (Å²) in [5.74, 6) is -0.381. The first-order valence-corrected chi connectivity index (χ1v) is 8.36. The highest BCUT2D eigenvalue weighted by Gasteiger charge is 2.39. The van der Waals surface area contributed by atoms with Gasteiger partial charge in [0, 0.05) is 5.56 Å². The number of alkyl halides is 3. The van der Waals surface area contributed by atoms with E-state index in [1.807, 2.05) is 0 Å². The lowest BCUT2D eigenvalue weighted by Gasteiger charge is -2.17. The Hall–Kier alpha value is -3.06. The summed E-state index contributed by atoms with van der Waals surface area (Å²) in [6, 6.07) is 4.53. The summed E-state index contributed by atoms with van der Waals surface area (Å²) in [6.45, 7) is 0. The lowest BCUT2D eigenvalue weighted by molar-refractivity contribution is -0.139. The predicted octanol–water partition coefficient (Wildman–Crippen LogP) is 1.18. The molecule has 1 aromatic carbocycles. The number of benzene rings is 1. The summed E-state index contributed by atoms with van der Waals surface area (Å²) in [5, 5.41) is 17.6. The molecule has 2 heterocycles. The maximum Gasteiger partial charge on any atom is 0.417 e. The van der Waals surface area contributed by atoms with Crippen LogP contribution < -0.4 is 10.9 Å². The molecule has 3 rings (SSSR count). The van der Waals surface area contributed by atoms with Crippen molar-refractivity contribution in [3.05, 3.63) is 36.0 Å². The molecule has 0 atom stereocenters. The van der Waals surface area contributed by atoms with Gasteiger partial charge in [0.1, 0.15) is 4.90 Å². The summed E-state index contributed by atoms with van der Waals surface area (Å²) in [6.07, 6.45) is -3.71. The number of H-pyrrole nitrogens is 1. The normalized spacial score (nSPS) is 12.3. The molecule has 0 bridgehead atoms. The lowest BCUT2D eigenvalue weighted by Crippen LogP contribution is -2.21. The van der Waals surface area contributed by atoms with Crippen molar-refractivity contribution in [2.24, 2.45) is 5.14 Å². The number of nitrogens with one attached hydrogen (secondary N) is 1. The third-order valence-electron chi connectivity index (χ3n) is 3.38. The Kier molecular flexibility index (Phi) is 4.12. The molecule has 0 saturated carbocycles. The van der Waals surface area contributed by atoms with Gasteiger partial charge in [0.15, 0.2) is 0 Å².